The van der Waals surface area contributed by atoms with Crippen LogP contribution in [-0.4, -0.2) is 0 Å². The Morgan fingerprint density at radius 1 is 1.64 bits per heavy atom. The maximum absolute atomic E-state index is 4.53. The normalized spacial score (nSPS) is 13.3. The third kappa shape index (κ3) is 2.88. The fraction of sp³-hybridized carbons (Fsp3) is 0.556. The molecule has 0 saturated heterocycles. The van der Waals surface area contributed by atoms with Gasteiger partial charge in [-0.15, -0.1) is 11.3 Å². The Morgan fingerprint density at radius 3 is 3.00 bits per heavy atom. The van der Waals surface area contributed by atoms with Gasteiger partial charge in [-0.25, -0.2) is 0 Å². The Bertz CT molecular complexity index is 179. The summed E-state index contributed by atoms with van der Waals surface area (Å²) in [4.78, 5) is 1.40. The first-order chi connectivity index (χ1) is 5.34. The average molecular weight is 186 g/mol. The first-order valence-corrected chi connectivity index (χ1v) is 5.45. The Morgan fingerprint density at radius 2 is 2.45 bits per heavy atom. The molecule has 1 aromatic rings. The molecule has 0 aliphatic rings. The van der Waals surface area contributed by atoms with Crippen molar-refractivity contribution in [3.63, 3.8) is 0 Å². The van der Waals surface area contributed by atoms with Gasteiger partial charge in [-0.1, -0.05) is 25.8 Å². The van der Waals surface area contributed by atoms with Gasteiger partial charge in [-0.2, -0.15) is 12.6 Å². The van der Waals surface area contributed by atoms with Gasteiger partial charge in [0.25, 0.3) is 0 Å². The molecular weight excluding hydrogens is 172 g/mol. The fourth-order valence-corrected chi connectivity index (χ4v) is 2.22. The summed E-state index contributed by atoms with van der Waals surface area (Å²) in [6, 6.07) is 4.26. The van der Waals surface area contributed by atoms with Crippen LogP contribution in [0.3, 0.4) is 0 Å². The van der Waals surface area contributed by atoms with Gasteiger partial charge in [0.2, 0.25) is 0 Å². The second kappa shape index (κ2) is 4.83. The van der Waals surface area contributed by atoms with E-state index in [1.165, 1.54) is 24.1 Å². The van der Waals surface area contributed by atoms with E-state index in [-0.39, 0.29) is 0 Å². The highest BCUT2D eigenvalue weighted by molar-refractivity contribution is 7.80. The second-order valence-electron chi connectivity index (χ2n) is 2.67. The molecule has 0 aliphatic heterocycles. The third-order valence-electron chi connectivity index (χ3n) is 1.70. The Hall–Kier alpha value is 0.0500. The van der Waals surface area contributed by atoms with Crippen LogP contribution in [0.1, 0.15) is 36.3 Å². The molecule has 1 unspecified atom stereocenters. The summed E-state index contributed by atoms with van der Waals surface area (Å²) < 4.78 is 0. The van der Waals surface area contributed by atoms with Crippen molar-refractivity contribution in [1.82, 2.24) is 0 Å². The van der Waals surface area contributed by atoms with Crippen LogP contribution in [0.25, 0.3) is 0 Å². The third-order valence-corrected chi connectivity index (χ3v) is 3.40. The van der Waals surface area contributed by atoms with Crippen molar-refractivity contribution in [2.75, 3.05) is 0 Å². The van der Waals surface area contributed by atoms with Crippen molar-refractivity contribution in [3.05, 3.63) is 22.4 Å². The number of hydrogen-bond donors (Lipinski definition) is 1. The zero-order valence-corrected chi connectivity index (χ0v) is 8.50. The molecule has 0 amide bonds. The first-order valence-electron chi connectivity index (χ1n) is 4.06. The minimum atomic E-state index is 0.468. The number of thiol groups is 1. The zero-order valence-electron chi connectivity index (χ0n) is 6.79. The van der Waals surface area contributed by atoms with Gasteiger partial charge in [0.05, 0.1) is 0 Å². The van der Waals surface area contributed by atoms with Crippen LogP contribution >= 0.6 is 24.0 Å². The number of rotatable bonds is 4. The van der Waals surface area contributed by atoms with E-state index in [0.29, 0.717) is 5.25 Å². The van der Waals surface area contributed by atoms with Gasteiger partial charge in [-0.3, -0.25) is 0 Å². The minimum Gasteiger partial charge on any atom is -0.170 e. The van der Waals surface area contributed by atoms with Gasteiger partial charge in [-0.05, 0) is 17.9 Å². The Balaban J connectivity index is 2.36. The summed E-state index contributed by atoms with van der Waals surface area (Å²) in [6.07, 6.45) is 3.76. The van der Waals surface area contributed by atoms with Crippen LogP contribution in [-0.2, 0) is 0 Å². The molecule has 62 valence electrons. The maximum Gasteiger partial charge on any atom is 0.0361 e. The molecule has 0 spiro atoms. The molecule has 0 N–H and O–H groups in total. The summed E-state index contributed by atoms with van der Waals surface area (Å²) >= 11 is 6.34. The average Bonchev–Trinajstić information content (AvgIpc) is 2.52. The molecule has 11 heavy (non-hydrogen) atoms. The summed E-state index contributed by atoms with van der Waals surface area (Å²) in [5, 5.41) is 2.58. The number of unbranched alkanes of at least 4 members (excludes halogenated alkanes) is 1. The number of hydrogen-bond acceptors (Lipinski definition) is 2. The predicted octanol–water partition coefficient (Wildman–Crippen LogP) is 3.91. The van der Waals surface area contributed by atoms with Crippen molar-refractivity contribution >= 4 is 24.0 Å². The lowest BCUT2D eigenvalue weighted by molar-refractivity contribution is 0.715. The predicted molar refractivity (Wildman–Crippen MR) is 55.6 cm³/mol. The highest BCUT2D eigenvalue weighted by Crippen LogP contribution is 2.28. The van der Waals surface area contributed by atoms with Gasteiger partial charge in [0.1, 0.15) is 0 Å². The molecule has 0 saturated carbocycles. The fourth-order valence-electron chi connectivity index (χ4n) is 1.02. The van der Waals surface area contributed by atoms with E-state index in [4.69, 9.17) is 0 Å². The molecule has 0 fully saturated rings. The van der Waals surface area contributed by atoms with Gasteiger partial charge in [0.15, 0.2) is 0 Å². The first kappa shape index (κ1) is 9.14. The summed E-state index contributed by atoms with van der Waals surface area (Å²) in [6.45, 7) is 2.22. The molecular formula is C9H14S2. The van der Waals surface area contributed by atoms with E-state index in [1.807, 2.05) is 0 Å². The monoisotopic (exact) mass is 186 g/mol. The molecule has 1 atom stereocenters. The van der Waals surface area contributed by atoms with Crippen LogP contribution in [0.4, 0.5) is 0 Å². The SMILES string of the molecule is CCCCC(S)c1cccs1. The lowest BCUT2D eigenvalue weighted by Crippen LogP contribution is -1.85. The van der Waals surface area contributed by atoms with Crippen LogP contribution in [0.15, 0.2) is 17.5 Å². The van der Waals surface area contributed by atoms with Crippen molar-refractivity contribution in [1.29, 1.82) is 0 Å². The summed E-state index contributed by atoms with van der Waals surface area (Å²) in [5.41, 5.74) is 0. The van der Waals surface area contributed by atoms with Crippen LogP contribution in [0, 0.1) is 0 Å². The van der Waals surface area contributed by atoms with Crippen LogP contribution in [0.5, 0.6) is 0 Å². The lowest BCUT2D eigenvalue weighted by atomic mass is 10.2. The van der Waals surface area contributed by atoms with E-state index < -0.39 is 0 Å². The van der Waals surface area contributed by atoms with E-state index in [1.54, 1.807) is 11.3 Å². The van der Waals surface area contributed by atoms with Gasteiger partial charge in [0, 0.05) is 10.1 Å². The molecule has 0 aliphatic carbocycles. The number of thiophene rings is 1. The smallest absolute Gasteiger partial charge is 0.0361 e. The molecule has 0 radical (unpaired) electrons. The van der Waals surface area contributed by atoms with E-state index in [9.17, 15) is 0 Å². The molecule has 0 nitrogen and oxygen atoms in total. The van der Waals surface area contributed by atoms with Gasteiger partial charge >= 0.3 is 0 Å². The molecule has 2 heteroatoms. The highest BCUT2D eigenvalue weighted by Gasteiger charge is 2.05. The van der Waals surface area contributed by atoms with Crippen molar-refractivity contribution in [2.24, 2.45) is 0 Å². The second-order valence-corrected chi connectivity index (χ2v) is 4.28. The van der Waals surface area contributed by atoms with Crippen molar-refractivity contribution < 1.29 is 0 Å². The zero-order chi connectivity index (χ0) is 8.10. The molecule has 1 rings (SSSR count). The minimum absolute atomic E-state index is 0.468. The van der Waals surface area contributed by atoms with E-state index in [0.717, 1.165) is 0 Å². The highest BCUT2D eigenvalue weighted by atomic mass is 32.1. The van der Waals surface area contributed by atoms with Crippen LogP contribution in [0.2, 0.25) is 0 Å². The summed E-state index contributed by atoms with van der Waals surface area (Å²) in [5.74, 6) is 0. The molecule has 0 bridgehead atoms. The maximum atomic E-state index is 4.53. The molecule has 0 aromatic carbocycles. The molecule has 1 heterocycles. The standard InChI is InChI=1S/C9H14S2/c1-2-3-5-8(10)9-6-4-7-11-9/h4,6-8,10H,2-3,5H2,1H3. The molecule has 1 aromatic heterocycles. The van der Waals surface area contributed by atoms with Crippen molar-refractivity contribution in [2.45, 2.75) is 31.4 Å². The Kier molecular flexibility index (Phi) is 4.02. The topological polar surface area (TPSA) is 0 Å². The largest absolute Gasteiger partial charge is 0.170 e. The Labute approximate surface area is 78.1 Å². The van der Waals surface area contributed by atoms with Crippen LogP contribution < -0.4 is 0 Å². The van der Waals surface area contributed by atoms with Gasteiger partial charge < -0.3 is 0 Å². The summed E-state index contributed by atoms with van der Waals surface area (Å²) in [7, 11) is 0. The quantitative estimate of drug-likeness (QED) is 0.677. The van der Waals surface area contributed by atoms with E-state index in [2.05, 4.69) is 37.1 Å². The lowest BCUT2D eigenvalue weighted by Gasteiger charge is -2.05. The van der Waals surface area contributed by atoms with Crippen molar-refractivity contribution in [3.8, 4) is 0 Å². The van der Waals surface area contributed by atoms with E-state index >= 15 is 0 Å².